The van der Waals surface area contributed by atoms with Crippen molar-refractivity contribution in [2.24, 2.45) is 0 Å². The predicted molar refractivity (Wildman–Crippen MR) is 154 cm³/mol. The highest BCUT2D eigenvalue weighted by Crippen LogP contribution is 2.26. The molecule has 9 nitrogen and oxygen atoms in total. The Kier molecular flexibility index (Phi) is 9.87. The van der Waals surface area contributed by atoms with E-state index in [1.807, 2.05) is 60.7 Å². The number of hydrogen-bond donors (Lipinski definition) is 1. The number of nitrogens with one attached hydrogen (secondary N) is 1. The number of hydrogen-bond acceptors (Lipinski definition) is 5. The number of urea groups is 1. The summed E-state index contributed by atoms with van der Waals surface area (Å²) in [5.74, 6) is 0.316. The minimum atomic E-state index is -0.633. The van der Waals surface area contributed by atoms with Crippen LogP contribution in [-0.2, 0) is 22.7 Å². The number of benzene rings is 3. The molecule has 3 aromatic rings. The molecule has 0 aliphatic carbocycles. The van der Waals surface area contributed by atoms with Gasteiger partial charge in [-0.1, -0.05) is 77.8 Å². The van der Waals surface area contributed by atoms with Crippen LogP contribution in [0, 0.1) is 0 Å². The van der Waals surface area contributed by atoms with Crippen LogP contribution in [0.5, 0.6) is 5.75 Å². The molecule has 0 saturated carbocycles. The van der Waals surface area contributed by atoms with Crippen LogP contribution in [-0.4, -0.2) is 77.6 Å². The molecule has 1 unspecified atom stereocenters. The van der Waals surface area contributed by atoms with Crippen LogP contribution in [0.4, 0.5) is 4.79 Å². The Labute approximate surface area is 243 Å². The molecule has 0 bridgehead atoms. The third kappa shape index (κ3) is 7.24. The van der Waals surface area contributed by atoms with Gasteiger partial charge in [-0.25, -0.2) is 14.8 Å². The van der Waals surface area contributed by atoms with Crippen LogP contribution in [0.25, 0.3) is 0 Å². The van der Waals surface area contributed by atoms with Crippen LogP contribution in [0.3, 0.4) is 0 Å². The van der Waals surface area contributed by atoms with Gasteiger partial charge in [-0.3, -0.25) is 9.59 Å². The van der Waals surface area contributed by atoms with E-state index in [4.69, 9.17) is 27.9 Å². The Bertz CT molecular complexity index is 1300. The minimum Gasteiger partial charge on any atom is -0.497 e. The van der Waals surface area contributed by atoms with E-state index >= 15 is 0 Å². The molecule has 0 radical (unpaired) electrons. The van der Waals surface area contributed by atoms with E-state index in [0.717, 1.165) is 16.9 Å². The SMILES string of the molecule is COc1ccc(CNC(=O)N2C3CN(Cc4ccc(Cl)cc4Cl)C(=O)CN3C(=O)CN2C)cc1.c1ccccc1. The maximum atomic E-state index is 13.2. The van der Waals surface area contributed by atoms with Gasteiger partial charge < -0.3 is 19.9 Å². The lowest BCUT2D eigenvalue weighted by Crippen LogP contribution is -2.73. The monoisotopic (exact) mass is 583 g/mol. The summed E-state index contributed by atoms with van der Waals surface area (Å²) in [6, 6.07) is 24.1. The van der Waals surface area contributed by atoms with E-state index in [2.05, 4.69) is 5.32 Å². The molecule has 0 spiro atoms. The highest BCUT2D eigenvalue weighted by atomic mass is 35.5. The molecule has 2 aliphatic rings. The molecule has 1 N–H and O–H groups in total. The topological polar surface area (TPSA) is 85.4 Å². The first-order chi connectivity index (χ1) is 19.3. The smallest absolute Gasteiger partial charge is 0.334 e. The molecule has 210 valence electrons. The second-order valence-corrected chi connectivity index (χ2v) is 10.2. The van der Waals surface area contributed by atoms with Crippen molar-refractivity contribution in [3.05, 3.63) is 100 Å². The molecular formula is C29H31Cl2N5O4. The second kappa shape index (κ2) is 13.5. The van der Waals surface area contributed by atoms with Gasteiger partial charge in [0.15, 0.2) is 0 Å². The number of hydrazine groups is 1. The first-order valence-electron chi connectivity index (χ1n) is 12.7. The van der Waals surface area contributed by atoms with Crippen molar-refractivity contribution in [2.75, 3.05) is 33.8 Å². The van der Waals surface area contributed by atoms with E-state index in [1.165, 1.54) is 9.91 Å². The van der Waals surface area contributed by atoms with E-state index in [-0.39, 0.29) is 44.0 Å². The Morgan fingerprint density at radius 3 is 2.20 bits per heavy atom. The number of amides is 4. The fraction of sp³-hybridized carbons (Fsp3) is 0.276. The van der Waals surface area contributed by atoms with Crippen molar-refractivity contribution >= 4 is 41.0 Å². The Hall–Kier alpha value is -3.79. The normalized spacial score (nSPS) is 17.1. The van der Waals surface area contributed by atoms with Gasteiger partial charge in [0, 0.05) is 30.2 Å². The lowest BCUT2D eigenvalue weighted by Gasteiger charge is -2.51. The van der Waals surface area contributed by atoms with Crippen molar-refractivity contribution in [1.82, 2.24) is 25.1 Å². The molecule has 2 aliphatic heterocycles. The van der Waals surface area contributed by atoms with Crippen molar-refractivity contribution in [3.63, 3.8) is 0 Å². The maximum absolute atomic E-state index is 13.2. The molecule has 5 rings (SSSR count). The van der Waals surface area contributed by atoms with Crippen molar-refractivity contribution < 1.29 is 19.1 Å². The summed E-state index contributed by atoms with van der Waals surface area (Å²) < 4.78 is 5.16. The zero-order chi connectivity index (χ0) is 28.6. The van der Waals surface area contributed by atoms with Gasteiger partial charge in [-0.15, -0.1) is 0 Å². The van der Waals surface area contributed by atoms with Crippen molar-refractivity contribution in [1.29, 1.82) is 0 Å². The third-order valence-electron chi connectivity index (χ3n) is 6.59. The molecule has 40 heavy (non-hydrogen) atoms. The summed E-state index contributed by atoms with van der Waals surface area (Å²) in [6.45, 7) is 0.604. The van der Waals surface area contributed by atoms with Crippen LogP contribution in [0.15, 0.2) is 78.9 Å². The van der Waals surface area contributed by atoms with Gasteiger partial charge in [0.25, 0.3) is 0 Å². The van der Waals surface area contributed by atoms with Crippen LogP contribution >= 0.6 is 23.2 Å². The van der Waals surface area contributed by atoms with Crippen molar-refractivity contribution in [2.45, 2.75) is 19.3 Å². The first kappa shape index (κ1) is 29.2. The second-order valence-electron chi connectivity index (χ2n) is 9.33. The van der Waals surface area contributed by atoms with Gasteiger partial charge in [0.05, 0.1) is 20.2 Å². The predicted octanol–water partition coefficient (Wildman–Crippen LogP) is 4.26. The molecule has 2 heterocycles. The van der Waals surface area contributed by atoms with E-state index in [9.17, 15) is 14.4 Å². The Balaban J connectivity index is 0.000000546. The largest absolute Gasteiger partial charge is 0.497 e. The number of rotatable bonds is 5. The van der Waals surface area contributed by atoms with E-state index in [1.54, 1.807) is 42.3 Å². The zero-order valence-electron chi connectivity index (χ0n) is 22.3. The minimum absolute atomic E-state index is 0.00273. The van der Waals surface area contributed by atoms with Gasteiger partial charge in [-0.05, 0) is 35.4 Å². The summed E-state index contributed by atoms with van der Waals surface area (Å²) in [4.78, 5) is 41.7. The number of fused-ring (bicyclic) bond motifs is 1. The highest BCUT2D eigenvalue weighted by molar-refractivity contribution is 6.35. The number of carbonyl (C=O) groups is 3. The van der Waals surface area contributed by atoms with Crippen LogP contribution < -0.4 is 10.1 Å². The summed E-state index contributed by atoms with van der Waals surface area (Å²) in [6.07, 6.45) is -0.633. The molecule has 11 heteroatoms. The molecule has 2 fully saturated rings. The van der Waals surface area contributed by atoms with Gasteiger partial charge in [0.2, 0.25) is 11.8 Å². The van der Waals surface area contributed by atoms with E-state index in [0.29, 0.717) is 16.6 Å². The lowest BCUT2D eigenvalue weighted by molar-refractivity contribution is -0.178. The van der Waals surface area contributed by atoms with Gasteiger partial charge in [0.1, 0.15) is 18.5 Å². The number of halogens is 2. The standard InChI is InChI=1S/C23H25Cl2N5O4.C6H6/c1-27-13-22(32)29-14-21(31)28(11-16-5-6-17(24)9-19(16)25)12-20(29)30(27)23(33)26-10-15-3-7-18(34-2)8-4-15;1-2-4-6-5-3-1/h3-9,20H,10-14H2,1-2H3,(H,26,33);1-6H. The van der Waals surface area contributed by atoms with E-state index < -0.39 is 6.17 Å². The number of methoxy groups -OCH3 is 1. The summed E-state index contributed by atoms with van der Waals surface area (Å²) >= 11 is 12.3. The molecular weight excluding hydrogens is 553 g/mol. The van der Waals surface area contributed by atoms with Crippen LogP contribution in [0.2, 0.25) is 10.0 Å². The number of piperazine rings is 1. The quantitative estimate of drug-likeness (QED) is 0.485. The molecule has 4 amide bonds. The zero-order valence-corrected chi connectivity index (χ0v) is 23.8. The average Bonchev–Trinajstić information content (AvgIpc) is 2.96. The summed E-state index contributed by atoms with van der Waals surface area (Å²) in [5, 5.41) is 6.93. The fourth-order valence-electron chi connectivity index (χ4n) is 4.49. The van der Waals surface area contributed by atoms with Crippen molar-refractivity contribution in [3.8, 4) is 5.75 Å². The number of likely N-dealkylation sites (N-methyl/N-ethyl adjacent to an activating group) is 1. The fourth-order valence-corrected chi connectivity index (χ4v) is 4.96. The molecule has 0 aromatic heterocycles. The Morgan fingerprint density at radius 2 is 1.60 bits per heavy atom. The average molecular weight is 585 g/mol. The first-order valence-corrected chi connectivity index (χ1v) is 13.4. The van der Waals surface area contributed by atoms with Crippen LogP contribution in [0.1, 0.15) is 11.1 Å². The highest BCUT2D eigenvalue weighted by Gasteiger charge is 2.45. The molecule has 1 atom stereocenters. The maximum Gasteiger partial charge on any atom is 0.334 e. The third-order valence-corrected chi connectivity index (χ3v) is 7.18. The lowest BCUT2D eigenvalue weighted by atomic mass is 10.1. The molecule has 3 aromatic carbocycles. The number of ether oxygens (including phenoxy) is 1. The summed E-state index contributed by atoms with van der Waals surface area (Å²) in [7, 11) is 3.27. The molecule has 2 saturated heterocycles. The van der Waals surface area contributed by atoms with Gasteiger partial charge in [-0.2, -0.15) is 0 Å². The number of carbonyl (C=O) groups excluding carboxylic acids is 3. The Morgan fingerprint density at radius 1 is 0.950 bits per heavy atom. The number of nitrogens with zero attached hydrogens (tertiary/aromatic N) is 4. The van der Waals surface area contributed by atoms with Gasteiger partial charge >= 0.3 is 6.03 Å². The summed E-state index contributed by atoms with van der Waals surface area (Å²) in [5.41, 5.74) is 1.64.